The summed E-state index contributed by atoms with van der Waals surface area (Å²) < 4.78 is 27.2. The maximum absolute atomic E-state index is 12.9. The van der Waals surface area contributed by atoms with Gasteiger partial charge in [-0.05, 0) is 30.3 Å². The highest BCUT2D eigenvalue weighted by atomic mass is 32.2. The first-order chi connectivity index (χ1) is 12.0. The van der Waals surface area contributed by atoms with E-state index in [-0.39, 0.29) is 10.6 Å². The molecule has 1 fully saturated rings. The van der Waals surface area contributed by atoms with Gasteiger partial charge >= 0.3 is 5.69 Å². The molecule has 25 heavy (non-hydrogen) atoms. The molecule has 1 aliphatic rings. The van der Waals surface area contributed by atoms with Crippen LogP contribution in [-0.2, 0) is 10.0 Å². The van der Waals surface area contributed by atoms with E-state index in [1.54, 1.807) is 18.3 Å². The van der Waals surface area contributed by atoms with E-state index in [2.05, 4.69) is 20.2 Å². The van der Waals surface area contributed by atoms with Crippen LogP contribution in [-0.4, -0.2) is 59.1 Å². The van der Waals surface area contributed by atoms with Crippen LogP contribution < -0.4 is 10.6 Å². The largest absolute Gasteiger partial charge is 0.352 e. The molecule has 3 aromatic rings. The first-order valence-electron chi connectivity index (χ1n) is 7.79. The molecule has 0 aliphatic carbocycles. The Balaban J connectivity index is 1.55. The summed E-state index contributed by atoms with van der Waals surface area (Å²) in [5, 5.41) is 7.91. The van der Waals surface area contributed by atoms with Crippen molar-refractivity contribution in [2.45, 2.75) is 4.90 Å². The summed E-state index contributed by atoms with van der Waals surface area (Å²) in [4.78, 5) is 18.7. The van der Waals surface area contributed by atoms with E-state index in [9.17, 15) is 13.2 Å². The van der Waals surface area contributed by atoms with Crippen molar-refractivity contribution >= 4 is 26.9 Å². The van der Waals surface area contributed by atoms with Crippen molar-refractivity contribution in [1.29, 1.82) is 0 Å². The molecule has 4 rings (SSSR count). The van der Waals surface area contributed by atoms with Crippen molar-refractivity contribution in [3.05, 3.63) is 47.0 Å². The number of aromatic amines is 2. The Labute approximate surface area is 143 Å². The maximum Gasteiger partial charge on any atom is 0.323 e. The standard InChI is InChI=1S/C15H16N6O3S/c22-15-17-12-4-3-11(10-13(12)18-15)25(23,24)21-8-6-20(7-9-21)14-2-1-5-16-19-14/h1-5,10H,6-9H2,(H2,17,18,22). The molecular formula is C15H16N6O3S. The summed E-state index contributed by atoms with van der Waals surface area (Å²) >= 11 is 0. The Morgan fingerprint density at radius 3 is 2.48 bits per heavy atom. The fraction of sp³-hybridized carbons (Fsp3) is 0.267. The highest BCUT2D eigenvalue weighted by Crippen LogP contribution is 2.21. The van der Waals surface area contributed by atoms with Gasteiger partial charge in [0, 0.05) is 32.4 Å². The minimum atomic E-state index is -3.62. The second kappa shape index (κ2) is 5.97. The second-order valence-electron chi connectivity index (χ2n) is 5.76. The molecular weight excluding hydrogens is 344 g/mol. The molecule has 0 saturated carbocycles. The zero-order valence-electron chi connectivity index (χ0n) is 13.2. The van der Waals surface area contributed by atoms with E-state index >= 15 is 0 Å². The predicted molar refractivity (Wildman–Crippen MR) is 91.9 cm³/mol. The predicted octanol–water partition coefficient (Wildman–Crippen LogP) is 0.157. The van der Waals surface area contributed by atoms with Crippen molar-refractivity contribution in [2.24, 2.45) is 0 Å². The molecule has 0 atom stereocenters. The zero-order chi connectivity index (χ0) is 17.4. The Bertz CT molecular complexity index is 1050. The molecule has 0 amide bonds. The average Bonchev–Trinajstić information content (AvgIpc) is 3.02. The maximum atomic E-state index is 12.9. The number of imidazole rings is 1. The van der Waals surface area contributed by atoms with Crippen LogP contribution in [0.25, 0.3) is 11.0 Å². The van der Waals surface area contributed by atoms with E-state index in [0.29, 0.717) is 37.2 Å². The SMILES string of the molecule is O=c1[nH]c2ccc(S(=O)(=O)N3CCN(c4cccnn4)CC3)cc2[nH]1. The number of nitrogens with one attached hydrogen (secondary N) is 2. The molecule has 1 saturated heterocycles. The van der Waals surface area contributed by atoms with Crippen LogP contribution in [0.1, 0.15) is 0 Å². The molecule has 0 unspecified atom stereocenters. The van der Waals surface area contributed by atoms with E-state index in [1.165, 1.54) is 16.4 Å². The molecule has 9 nitrogen and oxygen atoms in total. The van der Waals surface area contributed by atoms with Crippen LogP contribution in [0.5, 0.6) is 0 Å². The topological polar surface area (TPSA) is 115 Å². The number of hydrogen-bond acceptors (Lipinski definition) is 6. The van der Waals surface area contributed by atoms with Gasteiger partial charge in [0.15, 0.2) is 5.82 Å². The van der Waals surface area contributed by atoms with Crippen LogP contribution in [0.2, 0.25) is 0 Å². The number of benzene rings is 1. The van der Waals surface area contributed by atoms with Gasteiger partial charge < -0.3 is 14.9 Å². The quantitative estimate of drug-likeness (QED) is 0.687. The third-order valence-corrected chi connectivity index (χ3v) is 6.14. The number of nitrogens with zero attached hydrogens (tertiary/aromatic N) is 4. The van der Waals surface area contributed by atoms with Gasteiger partial charge in [0.2, 0.25) is 10.0 Å². The first kappa shape index (κ1) is 15.8. The Morgan fingerprint density at radius 2 is 1.76 bits per heavy atom. The monoisotopic (exact) mass is 360 g/mol. The molecule has 10 heteroatoms. The van der Waals surface area contributed by atoms with Crippen molar-refractivity contribution in [1.82, 2.24) is 24.5 Å². The number of piperazine rings is 1. The van der Waals surface area contributed by atoms with Gasteiger partial charge in [0.25, 0.3) is 0 Å². The molecule has 0 spiro atoms. The first-order valence-corrected chi connectivity index (χ1v) is 9.23. The minimum absolute atomic E-state index is 0.170. The van der Waals surface area contributed by atoms with Crippen molar-refractivity contribution in [3.8, 4) is 0 Å². The number of sulfonamides is 1. The Morgan fingerprint density at radius 1 is 1.00 bits per heavy atom. The molecule has 0 radical (unpaired) electrons. The van der Waals surface area contributed by atoms with Gasteiger partial charge in [0.05, 0.1) is 15.9 Å². The zero-order valence-corrected chi connectivity index (χ0v) is 14.0. The van der Waals surface area contributed by atoms with Crippen LogP contribution in [0.4, 0.5) is 5.82 Å². The number of anilines is 1. The number of rotatable bonds is 3. The van der Waals surface area contributed by atoms with Crippen molar-refractivity contribution in [3.63, 3.8) is 0 Å². The van der Waals surface area contributed by atoms with Gasteiger partial charge in [-0.1, -0.05) is 0 Å². The molecule has 130 valence electrons. The van der Waals surface area contributed by atoms with E-state index in [1.807, 2.05) is 11.0 Å². The number of H-pyrrole nitrogens is 2. The van der Waals surface area contributed by atoms with Gasteiger partial charge in [0.1, 0.15) is 0 Å². The molecule has 1 aromatic carbocycles. The van der Waals surface area contributed by atoms with Crippen LogP contribution in [0.3, 0.4) is 0 Å². The normalized spacial score (nSPS) is 16.4. The summed E-state index contributed by atoms with van der Waals surface area (Å²) in [7, 11) is -3.62. The summed E-state index contributed by atoms with van der Waals surface area (Å²) in [5.74, 6) is 0.742. The molecule has 0 bridgehead atoms. The van der Waals surface area contributed by atoms with Crippen LogP contribution in [0, 0.1) is 0 Å². The third kappa shape index (κ3) is 2.89. The van der Waals surface area contributed by atoms with E-state index in [0.717, 1.165) is 5.82 Å². The molecule has 2 N–H and O–H groups in total. The summed E-state index contributed by atoms with van der Waals surface area (Å²) in [5.41, 5.74) is 0.697. The summed E-state index contributed by atoms with van der Waals surface area (Å²) in [6.07, 6.45) is 1.60. The van der Waals surface area contributed by atoms with Gasteiger partial charge in [-0.15, -0.1) is 5.10 Å². The highest BCUT2D eigenvalue weighted by Gasteiger charge is 2.29. The van der Waals surface area contributed by atoms with Crippen molar-refractivity contribution < 1.29 is 8.42 Å². The lowest BCUT2D eigenvalue weighted by molar-refractivity contribution is 0.383. The lowest BCUT2D eigenvalue weighted by atomic mass is 10.3. The lowest BCUT2D eigenvalue weighted by Crippen LogP contribution is -2.48. The van der Waals surface area contributed by atoms with Crippen LogP contribution in [0.15, 0.2) is 46.2 Å². The molecule has 1 aliphatic heterocycles. The smallest absolute Gasteiger partial charge is 0.323 e. The fourth-order valence-corrected chi connectivity index (χ4v) is 4.39. The molecule has 2 aromatic heterocycles. The lowest BCUT2D eigenvalue weighted by Gasteiger charge is -2.34. The fourth-order valence-electron chi connectivity index (χ4n) is 2.94. The number of aromatic nitrogens is 4. The van der Waals surface area contributed by atoms with Crippen LogP contribution >= 0.6 is 0 Å². The number of fused-ring (bicyclic) bond motifs is 1. The average molecular weight is 360 g/mol. The summed E-state index contributed by atoms with van der Waals surface area (Å²) in [6, 6.07) is 8.25. The Kier molecular flexibility index (Phi) is 3.77. The second-order valence-corrected chi connectivity index (χ2v) is 7.70. The Hall–Kier alpha value is -2.72. The number of hydrogen-bond donors (Lipinski definition) is 2. The third-order valence-electron chi connectivity index (χ3n) is 4.25. The highest BCUT2D eigenvalue weighted by molar-refractivity contribution is 7.89. The van der Waals surface area contributed by atoms with E-state index in [4.69, 9.17) is 0 Å². The molecule has 3 heterocycles. The van der Waals surface area contributed by atoms with Gasteiger partial charge in [-0.3, -0.25) is 0 Å². The van der Waals surface area contributed by atoms with Gasteiger partial charge in [-0.25, -0.2) is 13.2 Å². The van der Waals surface area contributed by atoms with E-state index < -0.39 is 10.0 Å². The van der Waals surface area contributed by atoms with Gasteiger partial charge in [-0.2, -0.15) is 9.40 Å². The summed E-state index contributed by atoms with van der Waals surface area (Å²) in [6.45, 7) is 1.81. The van der Waals surface area contributed by atoms with Crippen molar-refractivity contribution in [2.75, 3.05) is 31.1 Å². The minimum Gasteiger partial charge on any atom is -0.352 e.